The Hall–Kier alpha value is -2.46. The van der Waals surface area contributed by atoms with Crippen LogP contribution in [0.5, 0.6) is 0 Å². The van der Waals surface area contributed by atoms with Crippen LogP contribution in [-0.2, 0) is 4.45 Å². The van der Waals surface area contributed by atoms with Gasteiger partial charge in [-0.3, -0.25) is 10.1 Å². The van der Waals surface area contributed by atoms with Crippen molar-refractivity contribution in [3.63, 3.8) is 0 Å². The molecule has 0 fully saturated rings. The molecule has 1 atom stereocenters. The highest BCUT2D eigenvalue weighted by Crippen LogP contribution is 2.48. The van der Waals surface area contributed by atoms with E-state index in [1.165, 1.54) is 0 Å². The molecule has 24 heavy (non-hydrogen) atoms. The summed E-state index contributed by atoms with van der Waals surface area (Å²) in [4.78, 5) is 11.9. The van der Waals surface area contributed by atoms with Crippen LogP contribution in [0.2, 0.25) is 0 Å². The molecule has 0 bridgehead atoms. The molecule has 0 N–H and O–H groups in total. The van der Waals surface area contributed by atoms with Crippen LogP contribution in [0.4, 0.5) is 0 Å². The molecule has 3 aromatic rings. The summed E-state index contributed by atoms with van der Waals surface area (Å²) in [6, 6.07) is 28.3. The lowest BCUT2D eigenvalue weighted by Gasteiger charge is -2.29. The summed E-state index contributed by atoms with van der Waals surface area (Å²) in [5, 5.41) is 12.2. The number of halogens is 1. The van der Waals surface area contributed by atoms with Crippen LogP contribution >= 0.6 is 15.9 Å². The van der Waals surface area contributed by atoms with Crippen LogP contribution in [-0.4, -0.2) is 4.92 Å². The van der Waals surface area contributed by atoms with Crippen molar-refractivity contribution in [2.75, 3.05) is 0 Å². The fourth-order valence-electron chi connectivity index (χ4n) is 2.97. The summed E-state index contributed by atoms with van der Waals surface area (Å²) < 4.78 is -1.45. The van der Waals surface area contributed by atoms with E-state index >= 15 is 0 Å². The van der Waals surface area contributed by atoms with E-state index in [9.17, 15) is 10.1 Å². The Bertz CT molecular complexity index is 769. The Morgan fingerprint density at radius 3 is 1.50 bits per heavy atom. The third-order valence-corrected chi connectivity index (χ3v) is 5.30. The Morgan fingerprint density at radius 1 is 0.750 bits per heavy atom. The first-order valence-electron chi connectivity index (χ1n) is 7.63. The van der Waals surface area contributed by atoms with E-state index in [0.717, 1.165) is 11.1 Å². The molecule has 0 saturated heterocycles. The van der Waals surface area contributed by atoms with E-state index < -0.39 is 10.4 Å². The van der Waals surface area contributed by atoms with Gasteiger partial charge < -0.3 is 0 Å². The fourth-order valence-corrected chi connectivity index (χ4v) is 3.77. The summed E-state index contributed by atoms with van der Waals surface area (Å²) in [7, 11) is 0. The molecule has 0 saturated carbocycles. The number of nitrogens with zero attached hydrogens (tertiary/aromatic N) is 1. The van der Waals surface area contributed by atoms with E-state index in [4.69, 9.17) is 0 Å². The van der Waals surface area contributed by atoms with E-state index in [1.54, 1.807) is 12.1 Å². The van der Waals surface area contributed by atoms with Crippen molar-refractivity contribution in [3.8, 4) is 0 Å². The zero-order valence-electron chi connectivity index (χ0n) is 12.9. The van der Waals surface area contributed by atoms with Gasteiger partial charge in [0.15, 0.2) is 0 Å². The van der Waals surface area contributed by atoms with Crippen LogP contribution < -0.4 is 0 Å². The van der Waals surface area contributed by atoms with Crippen LogP contribution in [0, 0.1) is 10.1 Å². The largest absolute Gasteiger partial charge is 0.310 e. The normalized spacial score (nSPS) is 13.4. The zero-order valence-corrected chi connectivity index (χ0v) is 14.5. The Morgan fingerprint density at radius 2 is 1.12 bits per heavy atom. The third-order valence-electron chi connectivity index (χ3n) is 4.09. The molecule has 0 radical (unpaired) electrons. The van der Waals surface area contributed by atoms with E-state index in [2.05, 4.69) is 15.9 Å². The first kappa shape index (κ1) is 16.4. The van der Waals surface area contributed by atoms with E-state index in [-0.39, 0.29) is 4.92 Å². The Kier molecular flexibility index (Phi) is 4.76. The molecule has 3 rings (SSSR count). The summed E-state index contributed by atoms with van der Waals surface area (Å²) in [6.07, 6.45) is 0. The minimum atomic E-state index is -1.45. The molecule has 0 aliphatic rings. The molecule has 3 aromatic carbocycles. The maximum Gasteiger partial charge on any atom is 0.310 e. The number of hydrogen-bond donors (Lipinski definition) is 0. The van der Waals surface area contributed by atoms with Gasteiger partial charge in [-0.25, -0.2) is 0 Å². The third kappa shape index (κ3) is 2.97. The van der Waals surface area contributed by atoms with Crippen molar-refractivity contribution < 1.29 is 4.92 Å². The maximum atomic E-state index is 12.2. The van der Waals surface area contributed by atoms with Crippen molar-refractivity contribution in [3.05, 3.63) is 118 Å². The highest BCUT2D eigenvalue weighted by atomic mass is 79.9. The van der Waals surface area contributed by atoms with Gasteiger partial charge in [0, 0.05) is 26.4 Å². The van der Waals surface area contributed by atoms with Crippen molar-refractivity contribution in [2.45, 2.75) is 10.4 Å². The second kappa shape index (κ2) is 6.97. The quantitative estimate of drug-likeness (QED) is 0.259. The van der Waals surface area contributed by atoms with Crippen LogP contribution in [0.15, 0.2) is 91.0 Å². The van der Waals surface area contributed by atoms with Crippen molar-refractivity contribution in [1.29, 1.82) is 0 Å². The van der Waals surface area contributed by atoms with E-state index in [1.807, 2.05) is 78.9 Å². The van der Waals surface area contributed by atoms with Gasteiger partial charge in [0.25, 0.3) is 0 Å². The molecule has 0 heterocycles. The van der Waals surface area contributed by atoms with Gasteiger partial charge in [-0.05, 0) is 11.1 Å². The fraction of sp³-hybridized carbons (Fsp3) is 0.100. The number of alkyl halides is 1. The molecule has 0 aliphatic heterocycles. The van der Waals surface area contributed by atoms with Gasteiger partial charge in [0.1, 0.15) is 0 Å². The highest BCUT2D eigenvalue weighted by molar-refractivity contribution is 9.09. The van der Waals surface area contributed by atoms with Gasteiger partial charge in [-0.15, -0.1) is 0 Å². The molecule has 4 heteroatoms. The molecule has 0 aliphatic carbocycles. The summed E-state index contributed by atoms with van der Waals surface area (Å²) in [5.74, 6) is -0.461. The number of nitro groups is 1. The highest BCUT2D eigenvalue weighted by Gasteiger charge is 2.51. The number of hydrogen-bond acceptors (Lipinski definition) is 2. The lowest BCUT2D eigenvalue weighted by Crippen LogP contribution is -2.36. The van der Waals surface area contributed by atoms with Gasteiger partial charge in [-0.1, -0.05) is 91.0 Å². The van der Waals surface area contributed by atoms with Gasteiger partial charge >= 0.3 is 4.45 Å². The molecule has 0 amide bonds. The monoisotopic (exact) mass is 381 g/mol. The van der Waals surface area contributed by atoms with Crippen LogP contribution in [0.3, 0.4) is 0 Å². The summed E-state index contributed by atoms with van der Waals surface area (Å²) in [6.45, 7) is 0. The van der Waals surface area contributed by atoms with Crippen molar-refractivity contribution >= 4 is 15.9 Å². The lowest BCUT2D eigenvalue weighted by molar-refractivity contribution is -0.546. The topological polar surface area (TPSA) is 43.1 Å². The Balaban J connectivity index is 2.25. The van der Waals surface area contributed by atoms with E-state index in [0.29, 0.717) is 5.56 Å². The molecular weight excluding hydrogens is 366 g/mol. The number of rotatable bonds is 5. The SMILES string of the molecule is O=[N+]([O-])[C@@](Br)(c1ccccc1)C(c1ccccc1)c1ccccc1. The predicted octanol–water partition coefficient (Wildman–Crippen LogP) is 5.34. The first-order valence-corrected chi connectivity index (χ1v) is 8.42. The molecule has 3 nitrogen and oxygen atoms in total. The lowest BCUT2D eigenvalue weighted by atomic mass is 9.82. The van der Waals surface area contributed by atoms with Crippen molar-refractivity contribution in [2.24, 2.45) is 0 Å². The smallest absolute Gasteiger partial charge is 0.263 e. The molecule has 120 valence electrons. The Labute approximate surface area is 149 Å². The number of benzene rings is 3. The van der Waals surface area contributed by atoms with Gasteiger partial charge in [0.2, 0.25) is 0 Å². The van der Waals surface area contributed by atoms with Gasteiger partial charge in [-0.2, -0.15) is 0 Å². The minimum Gasteiger partial charge on any atom is -0.263 e. The summed E-state index contributed by atoms with van der Waals surface area (Å²) >= 11 is 3.50. The predicted molar refractivity (Wildman–Crippen MR) is 98.8 cm³/mol. The average Bonchev–Trinajstić information content (AvgIpc) is 2.64. The second-order valence-corrected chi connectivity index (χ2v) is 6.76. The minimum absolute atomic E-state index is 0.243. The summed E-state index contributed by atoms with van der Waals surface area (Å²) in [5.41, 5.74) is 2.40. The second-order valence-electron chi connectivity index (χ2n) is 5.55. The first-order chi connectivity index (χ1) is 11.6. The van der Waals surface area contributed by atoms with Crippen LogP contribution in [0.1, 0.15) is 22.6 Å². The molecule has 0 spiro atoms. The molecule has 0 unspecified atom stereocenters. The molecule has 0 aromatic heterocycles. The van der Waals surface area contributed by atoms with Gasteiger partial charge in [0.05, 0.1) is 5.92 Å². The standard InChI is InChI=1S/C20H16BrNO2/c21-20(22(23)24,18-14-8-3-9-15-18)19(16-10-4-1-5-11-16)17-12-6-2-7-13-17/h1-15,19H/t20-/m0/s1. The van der Waals surface area contributed by atoms with Crippen LogP contribution in [0.25, 0.3) is 0 Å². The van der Waals surface area contributed by atoms with Crippen molar-refractivity contribution in [1.82, 2.24) is 0 Å². The molecular formula is C20H16BrNO2. The zero-order chi connectivity index (χ0) is 17.0. The average molecular weight is 382 g/mol. The maximum absolute atomic E-state index is 12.2.